The summed E-state index contributed by atoms with van der Waals surface area (Å²) >= 11 is 0. The SMILES string of the molecule is C=CCN1CCCCC(NC(=O)c2ccccc2)C1. The Morgan fingerprint density at radius 1 is 1.37 bits per heavy atom. The Balaban J connectivity index is 1.93. The van der Waals surface area contributed by atoms with E-state index in [9.17, 15) is 4.79 Å². The Morgan fingerprint density at radius 3 is 2.89 bits per heavy atom. The third-order valence-corrected chi connectivity index (χ3v) is 3.51. The Labute approximate surface area is 115 Å². The molecule has 3 heteroatoms. The minimum absolute atomic E-state index is 0.0334. The maximum Gasteiger partial charge on any atom is 0.251 e. The number of nitrogens with zero attached hydrogens (tertiary/aromatic N) is 1. The molecule has 2 rings (SSSR count). The van der Waals surface area contributed by atoms with Crippen LogP contribution in [0.1, 0.15) is 29.6 Å². The molecule has 0 radical (unpaired) electrons. The third kappa shape index (κ3) is 4.21. The lowest BCUT2D eigenvalue weighted by Gasteiger charge is -2.23. The van der Waals surface area contributed by atoms with Gasteiger partial charge in [-0.1, -0.05) is 30.7 Å². The summed E-state index contributed by atoms with van der Waals surface area (Å²) in [5.41, 5.74) is 0.738. The maximum absolute atomic E-state index is 12.1. The van der Waals surface area contributed by atoms with Crippen LogP contribution in [0.3, 0.4) is 0 Å². The van der Waals surface area contributed by atoms with Crippen LogP contribution in [-0.4, -0.2) is 36.5 Å². The Morgan fingerprint density at radius 2 is 2.16 bits per heavy atom. The van der Waals surface area contributed by atoms with Crippen molar-refractivity contribution < 1.29 is 4.79 Å². The molecule has 1 atom stereocenters. The lowest BCUT2D eigenvalue weighted by atomic mass is 10.1. The van der Waals surface area contributed by atoms with Crippen LogP contribution in [-0.2, 0) is 0 Å². The predicted molar refractivity (Wildman–Crippen MR) is 78.2 cm³/mol. The fraction of sp³-hybridized carbons (Fsp3) is 0.438. The van der Waals surface area contributed by atoms with Gasteiger partial charge in [0, 0.05) is 24.7 Å². The third-order valence-electron chi connectivity index (χ3n) is 3.51. The normalized spacial score (nSPS) is 20.5. The van der Waals surface area contributed by atoms with E-state index >= 15 is 0 Å². The molecule has 1 aromatic rings. The molecule has 0 spiro atoms. The number of rotatable bonds is 4. The minimum atomic E-state index is 0.0334. The fourth-order valence-electron chi connectivity index (χ4n) is 2.54. The zero-order valence-electron chi connectivity index (χ0n) is 11.3. The van der Waals surface area contributed by atoms with Crippen molar-refractivity contribution >= 4 is 5.91 Å². The molecule has 102 valence electrons. The van der Waals surface area contributed by atoms with Crippen LogP contribution in [0.2, 0.25) is 0 Å². The van der Waals surface area contributed by atoms with E-state index in [1.807, 2.05) is 36.4 Å². The van der Waals surface area contributed by atoms with E-state index in [0.29, 0.717) is 0 Å². The average molecular weight is 258 g/mol. The van der Waals surface area contributed by atoms with E-state index in [1.54, 1.807) is 0 Å². The van der Waals surface area contributed by atoms with Crippen molar-refractivity contribution in [2.75, 3.05) is 19.6 Å². The number of carbonyl (C=O) groups is 1. The minimum Gasteiger partial charge on any atom is -0.348 e. The summed E-state index contributed by atoms with van der Waals surface area (Å²) in [6.07, 6.45) is 5.37. The second kappa shape index (κ2) is 7.10. The second-order valence-electron chi connectivity index (χ2n) is 5.08. The molecule has 1 aliphatic heterocycles. The molecule has 1 unspecified atom stereocenters. The van der Waals surface area contributed by atoms with Crippen molar-refractivity contribution in [1.82, 2.24) is 10.2 Å². The summed E-state index contributed by atoms with van der Waals surface area (Å²) in [6.45, 7) is 6.71. The van der Waals surface area contributed by atoms with Crippen LogP contribution in [0.15, 0.2) is 43.0 Å². The first kappa shape index (κ1) is 13.8. The molecule has 0 aromatic heterocycles. The van der Waals surface area contributed by atoms with Gasteiger partial charge in [0.25, 0.3) is 5.91 Å². The summed E-state index contributed by atoms with van der Waals surface area (Å²) in [5.74, 6) is 0.0334. The van der Waals surface area contributed by atoms with Gasteiger partial charge in [-0.3, -0.25) is 9.69 Å². The topological polar surface area (TPSA) is 32.3 Å². The summed E-state index contributed by atoms with van der Waals surface area (Å²) < 4.78 is 0. The molecule has 1 heterocycles. The summed E-state index contributed by atoms with van der Waals surface area (Å²) in [6, 6.07) is 9.67. The average Bonchev–Trinajstić information content (AvgIpc) is 2.65. The molecule has 1 N–H and O–H groups in total. The van der Waals surface area contributed by atoms with Gasteiger partial charge in [-0.05, 0) is 31.5 Å². The van der Waals surface area contributed by atoms with Crippen LogP contribution < -0.4 is 5.32 Å². The molecule has 0 aliphatic carbocycles. The number of hydrogen-bond donors (Lipinski definition) is 1. The van der Waals surface area contributed by atoms with E-state index in [1.165, 1.54) is 12.8 Å². The highest BCUT2D eigenvalue weighted by atomic mass is 16.1. The first-order chi connectivity index (χ1) is 9.29. The van der Waals surface area contributed by atoms with Gasteiger partial charge in [-0.25, -0.2) is 0 Å². The molecule has 1 fully saturated rings. The number of nitrogens with one attached hydrogen (secondary N) is 1. The zero-order chi connectivity index (χ0) is 13.5. The molecule has 1 saturated heterocycles. The van der Waals surface area contributed by atoms with Crippen molar-refractivity contribution in [3.63, 3.8) is 0 Å². The van der Waals surface area contributed by atoms with Gasteiger partial charge < -0.3 is 5.32 Å². The molecular weight excluding hydrogens is 236 g/mol. The summed E-state index contributed by atoms with van der Waals surface area (Å²) in [5, 5.41) is 3.15. The van der Waals surface area contributed by atoms with Gasteiger partial charge in [-0.2, -0.15) is 0 Å². The van der Waals surface area contributed by atoms with Gasteiger partial charge in [0.15, 0.2) is 0 Å². The Hall–Kier alpha value is -1.61. The molecular formula is C16H22N2O. The zero-order valence-corrected chi connectivity index (χ0v) is 11.3. The van der Waals surface area contributed by atoms with Crippen LogP contribution in [0.4, 0.5) is 0 Å². The molecule has 19 heavy (non-hydrogen) atoms. The van der Waals surface area contributed by atoms with Gasteiger partial charge in [0.2, 0.25) is 0 Å². The van der Waals surface area contributed by atoms with Crippen LogP contribution in [0.25, 0.3) is 0 Å². The van der Waals surface area contributed by atoms with Crippen molar-refractivity contribution in [2.24, 2.45) is 0 Å². The van der Waals surface area contributed by atoms with E-state index in [-0.39, 0.29) is 11.9 Å². The standard InChI is InChI=1S/C16H22N2O/c1-2-11-18-12-7-6-10-15(13-18)17-16(19)14-8-4-3-5-9-14/h2-5,8-9,15H,1,6-7,10-13H2,(H,17,19). The number of hydrogen-bond acceptors (Lipinski definition) is 2. The molecule has 0 bridgehead atoms. The fourth-order valence-corrected chi connectivity index (χ4v) is 2.54. The van der Waals surface area contributed by atoms with Crippen molar-refractivity contribution in [1.29, 1.82) is 0 Å². The number of amides is 1. The molecule has 1 amide bonds. The van der Waals surface area contributed by atoms with E-state index in [2.05, 4.69) is 16.8 Å². The maximum atomic E-state index is 12.1. The van der Waals surface area contributed by atoms with Gasteiger partial charge >= 0.3 is 0 Å². The highest BCUT2D eigenvalue weighted by molar-refractivity contribution is 5.94. The largest absolute Gasteiger partial charge is 0.348 e. The van der Waals surface area contributed by atoms with Gasteiger partial charge in [-0.15, -0.1) is 6.58 Å². The highest BCUT2D eigenvalue weighted by Gasteiger charge is 2.19. The van der Waals surface area contributed by atoms with E-state index < -0.39 is 0 Å². The molecule has 3 nitrogen and oxygen atoms in total. The Bertz CT molecular complexity index is 416. The van der Waals surface area contributed by atoms with Crippen molar-refractivity contribution in [2.45, 2.75) is 25.3 Å². The second-order valence-corrected chi connectivity index (χ2v) is 5.08. The van der Waals surface area contributed by atoms with Crippen molar-refractivity contribution in [3.05, 3.63) is 48.6 Å². The van der Waals surface area contributed by atoms with Gasteiger partial charge in [0.05, 0.1) is 0 Å². The van der Waals surface area contributed by atoms with Crippen LogP contribution in [0, 0.1) is 0 Å². The number of carbonyl (C=O) groups excluding carboxylic acids is 1. The summed E-state index contributed by atoms with van der Waals surface area (Å²) in [7, 11) is 0. The van der Waals surface area contributed by atoms with Crippen LogP contribution in [0.5, 0.6) is 0 Å². The summed E-state index contributed by atoms with van der Waals surface area (Å²) in [4.78, 5) is 14.5. The predicted octanol–water partition coefficient (Wildman–Crippen LogP) is 2.46. The lowest BCUT2D eigenvalue weighted by molar-refractivity contribution is 0.0927. The number of likely N-dealkylation sites (tertiary alicyclic amines) is 1. The monoisotopic (exact) mass is 258 g/mol. The smallest absolute Gasteiger partial charge is 0.251 e. The molecule has 0 saturated carbocycles. The number of benzene rings is 1. The lowest BCUT2D eigenvalue weighted by Crippen LogP contribution is -2.42. The first-order valence-corrected chi connectivity index (χ1v) is 6.99. The first-order valence-electron chi connectivity index (χ1n) is 6.99. The molecule has 1 aromatic carbocycles. The van der Waals surface area contributed by atoms with Crippen molar-refractivity contribution in [3.8, 4) is 0 Å². The molecule has 1 aliphatic rings. The highest BCUT2D eigenvalue weighted by Crippen LogP contribution is 2.11. The van der Waals surface area contributed by atoms with Crippen LogP contribution >= 0.6 is 0 Å². The quantitative estimate of drug-likeness (QED) is 0.841. The van der Waals surface area contributed by atoms with Gasteiger partial charge in [0.1, 0.15) is 0 Å². The Kier molecular flexibility index (Phi) is 5.16. The van der Waals surface area contributed by atoms with E-state index in [0.717, 1.165) is 31.6 Å². The van der Waals surface area contributed by atoms with E-state index in [4.69, 9.17) is 0 Å².